The second kappa shape index (κ2) is 9.41. The average molecular weight is 391 g/mol. The Morgan fingerprint density at radius 2 is 1.72 bits per heavy atom. The van der Waals surface area contributed by atoms with Crippen molar-refractivity contribution in [3.8, 4) is 11.3 Å². The number of likely N-dealkylation sites (N-methyl/N-ethyl adjacent to an activating group) is 1. The van der Waals surface area contributed by atoms with Crippen molar-refractivity contribution in [2.75, 3.05) is 6.54 Å². The number of nitrogens with zero attached hydrogens (tertiary/aromatic N) is 3. The maximum atomic E-state index is 12.8. The number of aliphatic hydroxyl groups is 2. The topological polar surface area (TPSA) is 86.6 Å². The molecule has 1 heterocycles. The van der Waals surface area contributed by atoms with E-state index < -0.39 is 18.1 Å². The summed E-state index contributed by atoms with van der Waals surface area (Å²) in [6.45, 7) is 4.59. The average Bonchev–Trinajstić information content (AvgIpc) is 2.77. The lowest BCUT2D eigenvalue weighted by molar-refractivity contribution is -0.147. The number of hydrogen-bond acceptors (Lipinski definition) is 5. The van der Waals surface area contributed by atoms with Crippen LogP contribution in [0.15, 0.2) is 67.0 Å². The van der Waals surface area contributed by atoms with Crippen molar-refractivity contribution in [2.45, 2.75) is 32.6 Å². The van der Waals surface area contributed by atoms with E-state index in [1.165, 1.54) is 11.1 Å². The number of hydrogen-bond donors (Lipinski definition) is 2. The molecule has 1 aromatic heterocycles. The Hall–Kier alpha value is -3.09. The van der Waals surface area contributed by atoms with Crippen LogP contribution in [0, 0.1) is 6.92 Å². The van der Waals surface area contributed by atoms with Crippen molar-refractivity contribution >= 4 is 5.91 Å². The molecule has 0 bridgehead atoms. The van der Waals surface area contributed by atoms with Crippen LogP contribution in [0.1, 0.15) is 29.8 Å². The van der Waals surface area contributed by atoms with Gasteiger partial charge in [-0.1, -0.05) is 54.6 Å². The molecule has 3 rings (SSSR count). The standard InChI is InChI=1S/C23H25N3O3/c1-3-26(15-18-12-8-7-9-16(18)2)23(29)22(28)21(27)20-14-24-13-19(25-20)17-10-5-4-6-11-17/h4-14,21-22,27-28H,3,15H2,1-2H3/t21-,22+/m0/s1. The number of rotatable bonds is 7. The lowest BCUT2D eigenvalue weighted by Crippen LogP contribution is -2.42. The van der Waals surface area contributed by atoms with E-state index in [0.717, 1.165) is 16.7 Å². The van der Waals surface area contributed by atoms with Gasteiger partial charge in [-0.05, 0) is 25.0 Å². The summed E-state index contributed by atoms with van der Waals surface area (Å²) in [4.78, 5) is 22.8. The molecule has 0 aliphatic carbocycles. The SMILES string of the molecule is CCN(Cc1ccccc1C)C(=O)[C@H](O)[C@@H](O)c1cncc(-c2ccccc2)n1. The Labute approximate surface area is 170 Å². The molecule has 29 heavy (non-hydrogen) atoms. The van der Waals surface area contributed by atoms with E-state index in [0.29, 0.717) is 18.8 Å². The second-order valence-electron chi connectivity index (χ2n) is 6.86. The monoisotopic (exact) mass is 391 g/mol. The predicted molar refractivity (Wildman–Crippen MR) is 111 cm³/mol. The molecule has 0 saturated carbocycles. The Bertz CT molecular complexity index is 962. The number of carbonyl (C=O) groups excluding carboxylic acids is 1. The van der Waals surface area contributed by atoms with E-state index in [2.05, 4.69) is 9.97 Å². The first kappa shape index (κ1) is 20.6. The summed E-state index contributed by atoms with van der Waals surface area (Å²) in [6.07, 6.45) is -0.148. The van der Waals surface area contributed by atoms with Crippen LogP contribution in [0.5, 0.6) is 0 Å². The third-order valence-corrected chi connectivity index (χ3v) is 4.89. The molecule has 0 radical (unpaired) electrons. The predicted octanol–water partition coefficient (Wildman–Crippen LogP) is 2.90. The van der Waals surface area contributed by atoms with Gasteiger partial charge in [-0.3, -0.25) is 9.78 Å². The van der Waals surface area contributed by atoms with Crippen molar-refractivity contribution in [3.63, 3.8) is 0 Å². The fourth-order valence-electron chi connectivity index (χ4n) is 3.09. The smallest absolute Gasteiger partial charge is 0.254 e. The summed E-state index contributed by atoms with van der Waals surface area (Å²) in [5, 5.41) is 21.1. The van der Waals surface area contributed by atoms with Crippen LogP contribution in [-0.4, -0.2) is 43.6 Å². The van der Waals surface area contributed by atoms with Crippen LogP contribution in [0.4, 0.5) is 0 Å². The highest BCUT2D eigenvalue weighted by molar-refractivity contribution is 5.81. The molecular weight excluding hydrogens is 366 g/mol. The minimum Gasteiger partial charge on any atom is -0.383 e. The van der Waals surface area contributed by atoms with Crippen LogP contribution < -0.4 is 0 Å². The molecule has 6 heteroatoms. The zero-order valence-electron chi connectivity index (χ0n) is 16.6. The van der Waals surface area contributed by atoms with Crippen LogP contribution in [0.25, 0.3) is 11.3 Å². The van der Waals surface area contributed by atoms with Gasteiger partial charge in [0.05, 0.1) is 23.8 Å². The molecule has 0 unspecified atom stereocenters. The third kappa shape index (κ3) is 4.85. The second-order valence-corrected chi connectivity index (χ2v) is 6.86. The van der Waals surface area contributed by atoms with Gasteiger partial charge in [-0.25, -0.2) is 4.98 Å². The summed E-state index contributed by atoms with van der Waals surface area (Å²) in [6, 6.07) is 17.2. The van der Waals surface area contributed by atoms with E-state index in [1.807, 2.05) is 68.4 Å². The minimum atomic E-state index is -1.63. The van der Waals surface area contributed by atoms with E-state index >= 15 is 0 Å². The summed E-state index contributed by atoms with van der Waals surface area (Å²) in [5.41, 5.74) is 3.61. The Kier molecular flexibility index (Phi) is 6.69. The molecular formula is C23H25N3O3. The first-order valence-corrected chi connectivity index (χ1v) is 9.58. The van der Waals surface area contributed by atoms with Gasteiger partial charge >= 0.3 is 0 Å². The molecule has 1 amide bonds. The normalized spacial score (nSPS) is 13.0. The summed E-state index contributed by atoms with van der Waals surface area (Å²) in [7, 11) is 0. The van der Waals surface area contributed by atoms with Crippen LogP contribution in [0.3, 0.4) is 0 Å². The van der Waals surface area contributed by atoms with E-state index in [4.69, 9.17) is 0 Å². The number of amides is 1. The van der Waals surface area contributed by atoms with E-state index in [1.54, 1.807) is 6.20 Å². The highest BCUT2D eigenvalue weighted by atomic mass is 16.3. The number of carbonyl (C=O) groups is 1. The zero-order chi connectivity index (χ0) is 20.8. The maximum absolute atomic E-state index is 12.8. The van der Waals surface area contributed by atoms with Gasteiger partial charge in [0.2, 0.25) is 0 Å². The maximum Gasteiger partial charge on any atom is 0.254 e. The highest BCUT2D eigenvalue weighted by Crippen LogP contribution is 2.21. The largest absolute Gasteiger partial charge is 0.383 e. The summed E-state index contributed by atoms with van der Waals surface area (Å²) < 4.78 is 0. The molecule has 0 aliphatic heterocycles. The lowest BCUT2D eigenvalue weighted by Gasteiger charge is -2.26. The quantitative estimate of drug-likeness (QED) is 0.647. The molecule has 150 valence electrons. The first-order valence-electron chi connectivity index (χ1n) is 9.58. The van der Waals surface area contributed by atoms with Crippen molar-refractivity contribution in [2.24, 2.45) is 0 Å². The molecule has 0 saturated heterocycles. The van der Waals surface area contributed by atoms with E-state index in [-0.39, 0.29) is 5.69 Å². The van der Waals surface area contributed by atoms with Gasteiger partial charge in [0, 0.05) is 18.7 Å². The molecule has 2 N–H and O–H groups in total. The molecule has 3 aromatic rings. The van der Waals surface area contributed by atoms with Gasteiger partial charge in [0.15, 0.2) is 6.10 Å². The van der Waals surface area contributed by atoms with Gasteiger partial charge in [0.1, 0.15) is 6.10 Å². The van der Waals surface area contributed by atoms with Gasteiger partial charge < -0.3 is 15.1 Å². The minimum absolute atomic E-state index is 0.152. The molecule has 2 aromatic carbocycles. The van der Waals surface area contributed by atoms with Gasteiger partial charge in [0.25, 0.3) is 5.91 Å². The van der Waals surface area contributed by atoms with Crippen LogP contribution in [0.2, 0.25) is 0 Å². The molecule has 2 atom stereocenters. The summed E-state index contributed by atoms with van der Waals surface area (Å²) in [5.74, 6) is -0.546. The van der Waals surface area contributed by atoms with Gasteiger partial charge in [-0.15, -0.1) is 0 Å². The van der Waals surface area contributed by atoms with Crippen molar-refractivity contribution < 1.29 is 15.0 Å². The number of benzene rings is 2. The van der Waals surface area contributed by atoms with Gasteiger partial charge in [-0.2, -0.15) is 0 Å². The Morgan fingerprint density at radius 3 is 2.41 bits per heavy atom. The fourth-order valence-corrected chi connectivity index (χ4v) is 3.09. The number of aryl methyl sites for hydroxylation is 1. The Morgan fingerprint density at radius 1 is 1.03 bits per heavy atom. The molecule has 0 aliphatic rings. The van der Waals surface area contributed by atoms with Crippen molar-refractivity contribution in [3.05, 3.63) is 83.8 Å². The van der Waals surface area contributed by atoms with Crippen LogP contribution >= 0.6 is 0 Å². The highest BCUT2D eigenvalue weighted by Gasteiger charge is 2.30. The number of aliphatic hydroxyl groups excluding tert-OH is 2. The van der Waals surface area contributed by atoms with E-state index in [9.17, 15) is 15.0 Å². The fraction of sp³-hybridized carbons (Fsp3) is 0.261. The first-order chi connectivity index (χ1) is 14.0. The van der Waals surface area contributed by atoms with Crippen molar-refractivity contribution in [1.29, 1.82) is 0 Å². The molecule has 6 nitrogen and oxygen atoms in total. The lowest BCUT2D eigenvalue weighted by atomic mass is 10.1. The van der Waals surface area contributed by atoms with Crippen LogP contribution in [-0.2, 0) is 11.3 Å². The molecule has 0 spiro atoms. The number of aromatic nitrogens is 2. The zero-order valence-corrected chi connectivity index (χ0v) is 16.6. The third-order valence-electron chi connectivity index (χ3n) is 4.89. The Balaban J connectivity index is 1.77. The van der Waals surface area contributed by atoms with Crippen molar-refractivity contribution in [1.82, 2.24) is 14.9 Å². The summed E-state index contributed by atoms with van der Waals surface area (Å²) >= 11 is 0. The molecule has 0 fully saturated rings.